The molecule has 0 aliphatic carbocycles. The molecule has 8 heteroatoms. The van der Waals surface area contributed by atoms with Crippen molar-refractivity contribution in [1.29, 1.82) is 0 Å². The van der Waals surface area contributed by atoms with Crippen molar-refractivity contribution >= 4 is 37.3 Å². The van der Waals surface area contributed by atoms with Gasteiger partial charge in [-0.05, 0) is 48.0 Å². The van der Waals surface area contributed by atoms with Crippen LogP contribution in [0.15, 0.2) is 40.0 Å². The van der Waals surface area contributed by atoms with Gasteiger partial charge in [-0.2, -0.15) is 5.10 Å². The fourth-order valence-electron chi connectivity index (χ4n) is 1.58. The van der Waals surface area contributed by atoms with E-state index < -0.39 is 10.0 Å². The minimum atomic E-state index is -3.67. The first kappa shape index (κ1) is 14.9. The first-order valence-electron chi connectivity index (χ1n) is 5.91. The molecule has 0 spiro atoms. The number of anilines is 2. The number of hydrogen-bond donors (Lipinski definition) is 2. The van der Waals surface area contributed by atoms with E-state index in [2.05, 4.69) is 25.8 Å². The zero-order chi connectivity index (χ0) is 14.9. The number of hydrogen-bond acceptors (Lipinski definition) is 4. The van der Waals surface area contributed by atoms with Crippen molar-refractivity contribution in [2.75, 3.05) is 10.5 Å². The van der Waals surface area contributed by atoms with Crippen LogP contribution in [0.3, 0.4) is 0 Å². The summed E-state index contributed by atoms with van der Waals surface area (Å²) in [6, 6.07) is 4.65. The highest BCUT2D eigenvalue weighted by molar-refractivity contribution is 9.10. The third kappa shape index (κ3) is 3.13. The molecule has 0 saturated heterocycles. The van der Waals surface area contributed by atoms with Gasteiger partial charge < -0.3 is 5.73 Å². The molecule has 0 radical (unpaired) electrons. The lowest BCUT2D eigenvalue weighted by atomic mass is 10.3. The van der Waals surface area contributed by atoms with Crippen LogP contribution in [0.25, 0.3) is 0 Å². The molecule has 0 aliphatic rings. The highest BCUT2D eigenvalue weighted by Crippen LogP contribution is 2.24. The van der Waals surface area contributed by atoms with Crippen molar-refractivity contribution in [1.82, 2.24) is 9.78 Å². The Labute approximate surface area is 126 Å². The summed E-state index contributed by atoms with van der Waals surface area (Å²) >= 11 is 3.23. The maximum Gasteiger partial charge on any atom is 0.262 e. The molecule has 0 amide bonds. The highest BCUT2D eigenvalue weighted by Gasteiger charge is 2.16. The Hall–Kier alpha value is -1.54. The highest BCUT2D eigenvalue weighted by atomic mass is 79.9. The summed E-state index contributed by atoms with van der Waals surface area (Å²) in [6.07, 6.45) is 3.12. The zero-order valence-electron chi connectivity index (χ0n) is 11.0. The summed E-state index contributed by atoms with van der Waals surface area (Å²) in [7, 11) is -3.67. The summed E-state index contributed by atoms with van der Waals surface area (Å²) < 4.78 is 29.3. The summed E-state index contributed by atoms with van der Waals surface area (Å²) in [5, 5.41) is 4.08. The Morgan fingerprint density at radius 1 is 1.40 bits per heavy atom. The molecular weight excluding hydrogens is 344 g/mol. The number of aromatic nitrogens is 2. The summed E-state index contributed by atoms with van der Waals surface area (Å²) in [6.45, 7) is 3.92. The van der Waals surface area contributed by atoms with Gasteiger partial charge in [0, 0.05) is 22.4 Å². The molecule has 1 aromatic heterocycles. The molecule has 1 aromatic carbocycles. The van der Waals surface area contributed by atoms with Crippen molar-refractivity contribution in [3.05, 3.63) is 35.1 Å². The van der Waals surface area contributed by atoms with Crippen molar-refractivity contribution in [3.8, 4) is 0 Å². The molecule has 2 aromatic rings. The third-order valence-electron chi connectivity index (χ3n) is 2.66. The molecule has 0 atom stereocenters. The van der Waals surface area contributed by atoms with Gasteiger partial charge in [-0.3, -0.25) is 9.40 Å². The molecule has 1 heterocycles. The average Bonchev–Trinajstić information content (AvgIpc) is 2.80. The standard InChI is InChI=1S/C12H15BrN4O2S/c1-8(2)17-7-9(6-15-17)16-20(18,19)10-3-4-11(13)12(14)5-10/h3-8,16H,14H2,1-2H3. The topological polar surface area (TPSA) is 90.0 Å². The lowest BCUT2D eigenvalue weighted by Crippen LogP contribution is -2.13. The van der Waals surface area contributed by atoms with E-state index >= 15 is 0 Å². The van der Waals surface area contributed by atoms with Gasteiger partial charge in [0.1, 0.15) is 0 Å². The first-order chi connectivity index (χ1) is 9.29. The molecule has 0 bridgehead atoms. The van der Waals surface area contributed by atoms with Gasteiger partial charge in [-0.1, -0.05) is 0 Å². The molecule has 0 unspecified atom stereocenters. The van der Waals surface area contributed by atoms with E-state index in [-0.39, 0.29) is 10.9 Å². The van der Waals surface area contributed by atoms with Crippen LogP contribution < -0.4 is 10.5 Å². The van der Waals surface area contributed by atoms with Crippen LogP contribution >= 0.6 is 15.9 Å². The Morgan fingerprint density at radius 2 is 2.10 bits per heavy atom. The molecule has 0 fully saturated rings. The molecule has 6 nitrogen and oxygen atoms in total. The number of sulfonamides is 1. The van der Waals surface area contributed by atoms with Crippen molar-refractivity contribution < 1.29 is 8.42 Å². The predicted octanol–water partition coefficient (Wildman–Crippen LogP) is 2.61. The van der Waals surface area contributed by atoms with E-state index in [0.717, 1.165) is 0 Å². The van der Waals surface area contributed by atoms with Gasteiger partial charge in [0.15, 0.2) is 0 Å². The van der Waals surface area contributed by atoms with Crippen molar-refractivity contribution in [3.63, 3.8) is 0 Å². The Bertz CT molecular complexity index is 725. The van der Waals surface area contributed by atoms with Crippen LogP contribution in [0.5, 0.6) is 0 Å². The largest absolute Gasteiger partial charge is 0.398 e. The van der Waals surface area contributed by atoms with Gasteiger partial charge in [-0.25, -0.2) is 8.42 Å². The van der Waals surface area contributed by atoms with Crippen molar-refractivity contribution in [2.24, 2.45) is 0 Å². The van der Waals surface area contributed by atoms with Crippen molar-refractivity contribution in [2.45, 2.75) is 24.8 Å². The lowest BCUT2D eigenvalue weighted by Gasteiger charge is -2.08. The van der Waals surface area contributed by atoms with E-state index in [9.17, 15) is 8.42 Å². The van der Waals surface area contributed by atoms with Gasteiger partial charge >= 0.3 is 0 Å². The van der Waals surface area contributed by atoms with E-state index in [1.165, 1.54) is 18.3 Å². The maximum absolute atomic E-state index is 12.2. The quantitative estimate of drug-likeness (QED) is 0.821. The lowest BCUT2D eigenvalue weighted by molar-refractivity contribution is 0.532. The van der Waals surface area contributed by atoms with E-state index in [0.29, 0.717) is 15.8 Å². The second kappa shape index (κ2) is 5.45. The van der Waals surface area contributed by atoms with Gasteiger partial charge in [0.05, 0.1) is 16.8 Å². The summed E-state index contributed by atoms with van der Waals surface area (Å²) in [5.74, 6) is 0. The van der Waals surface area contributed by atoms with Crippen LogP contribution in [0.2, 0.25) is 0 Å². The first-order valence-corrected chi connectivity index (χ1v) is 8.19. The Morgan fingerprint density at radius 3 is 2.65 bits per heavy atom. The molecular formula is C12H15BrN4O2S. The smallest absolute Gasteiger partial charge is 0.262 e. The average molecular weight is 359 g/mol. The second-order valence-corrected chi connectivity index (χ2v) is 7.13. The zero-order valence-corrected chi connectivity index (χ0v) is 13.4. The van der Waals surface area contributed by atoms with Gasteiger partial charge in [0.25, 0.3) is 10.0 Å². The number of halogens is 1. The predicted molar refractivity (Wildman–Crippen MR) is 82.0 cm³/mol. The van der Waals surface area contributed by atoms with Crippen LogP contribution in [-0.2, 0) is 10.0 Å². The van der Waals surface area contributed by atoms with Crippen LogP contribution in [0.4, 0.5) is 11.4 Å². The summed E-state index contributed by atoms with van der Waals surface area (Å²) in [5.41, 5.74) is 6.48. The fourth-order valence-corrected chi connectivity index (χ4v) is 2.89. The SMILES string of the molecule is CC(C)n1cc(NS(=O)(=O)c2ccc(Br)c(N)c2)cn1. The molecule has 3 N–H and O–H groups in total. The Balaban J connectivity index is 2.28. The number of rotatable bonds is 4. The molecule has 2 rings (SSSR count). The van der Waals surface area contributed by atoms with Crippen LogP contribution in [0.1, 0.15) is 19.9 Å². The molecule has 20 heavy (non-hydrogen) atoms. The fraction of sp³-hybridized carbons (Fsp3) is 0.250. The normalized spacial score (nSPS) is 11.8. The minimum absolute atomic E-state index is 0.107. The van der Waals surface area contributed by atoms with Crippen LogP contribution in [0, 0.1) is 0 Å². The number of benzene rings is 1. The third-order valence-corrected chi connectivity index (χ3v) is 4.76. The number of nitrogens with two attached hydrogens (primary N) is 1. The van der Waals surface area contributed by atoms with Gasteiger partial charge in [-0.15, -0.1) is 0 Å². The second-order valence-electron chi connectivity index (χ2n) is 4.59. The number of nitrogens with one attached hydrogen (secondary N) is 1. The van der Waals surface area contributed by atoms with Gasteiger partial charge in [0.2, 0.25) is 0 Å². The number of nitrogen functional groups attached to an aromatic ring is 1. The Kier molecular flexibility index (Phi) is 4.05. The van der Waals surface area contributed by atoms with E-state index in [1.807, 2.05) is 13.8 Å². The molecule has 0 aliphatic heterocycles. The monoisotopic (exact) mass is 358 g/mol. The minimum Gasteiger partial charge on any atom is -0.398 e. The van der Waals surface area contributed by atoms with Crippen LogP contribution in [-0.4, -0.2) is 18.2 Å². The summed E-state index contributed by atoms with van der Waals surface area (Å²) in [4.78, 5) is 0.107. The number of nitrogens with zero attached hydrogens (tertiary/aromatic N) is 2. The maximum atomic E-state index is 12.2. The van der Waals surface area contributed by atoms with E-state index in [4.69, 9.17) is 5.73 Å². The molecule has 0 saturated carbocycles. The molecule has 108 valence electrons. The van der Waals surface area contributed by atoms with E-state index in [1.54, 1.807) is 16.9 Å².